The van der Waals surface area contributed by atoms with E-state index in [1.54, 1.807) is 11.3 Å². The van der Waals surface area contributed by atoms with Gasteiger partial charge in [-0.15, -0.1) is 22.7 Å². The molecular weight excluding hydrogens is 392 g/mol. The van der Waals surface area contributed by atoms with Crippen molar-refractivity contribution in [3.63, 3.8) is 0 Å². The van der Waals surface area contributed by atoms with E-state index in [0.717, 1.165) is 26.5 Å². The quantitative estimate of drug-likeness (QED) is 0.553. The summed E-state index contributed by atoms with van der Waals surface area (Å²) in [5.41, 5.74) is 0.976. The van der Waals surface area contributed by atoms with Gasteiger partial charge in [0.1, 0.15) is 16.0 Å². The summed E-state index contributed by atoms with van der Waals surface area (Å²) in [7, 11) is 0. The second-order valence-corrected chi connectivity index (χ2v) is 9.00. The number of piperidine rings is 1. The van der Waals surface area contributed by atoms with E-state index in [2.05, 4.69) is 11.1 Å². The van der Waals surface area contributed by atoms with E-state index >= 15 is 0 Å². The number of nitrogens with zero attached hydrogens (tertiary/aromatic N) is 2. The molecule has 28 heavy (non-hydrogen) atoms. The van der Waals surface area contributed by atoms with Crippen LogP contribution in [-0.2, 0) is 9.53 Å². The van der Waals surface area contributed by atoms with Crippen LogP contribution in [0.2, 0.25) is 0 Å². The first-order valence-electron chi connectivity index (χ1n) is 9.58. The summed E-state index contributed by atoms with van der Waals surface area (Å²) >= 11 is 3.05. The van der Waals surface area contributed by atoms with Crippen molar-refractivity contribution in [1.29, 1.82) is 0 Å². The molecule has 0 radical (unpaired) electrons. The van der Waals surface area contributed by atoms with Gasteiger partial charge in [-0.1, -0.05) is 19.1 Å². The molecule has 5 nitrogen and oxygen atoms in total. The van der Waals surface area contributed by atoms with Crippen molar-refractivity contribution >= 4 is 44.8 Å². The van der Waals surface area contributed by atoms with E-state index in [1.165, 1.54) is 11.3 Å². The number of hydrogen-bond donors (Lipinski definition) is 0. The van der Waals surface area contributed by atoms with Gasteiger partial charge in [0, 0.05) is 32.4 Å². The fourth-order valence-corrected chi connectivity index (χ4v) is 5.25. The van der Waals surface area contributed by atoms with Crippen molar-refractivity contribution in [1.82, 2.24) is 9.88 Å². The number of hydrogen-bond acceptors (Lipinski definition) is 6. The molecule has 1 amide bonds. The highest BCUT2D eigenvalue weighted by atomic mass is 32.1. The third-order valence-corrected chi connectivity index (χ3v) is 7.12. The van der Waals surface area contributed by atoms with E-state index in [4.69, 9.17) is 4.74 Å². The van der Waals surface area contributed by atoms with E-state index in [-0.39, 0.29) is 18.0 Å². The number of thiazole rings is 1. The Morgan fingerprint density at radius 1 is 1.14 bits per heavy atom. The van der Waals surface area contributed by atoms with Gasteiger partial charge in [0.05, 0.1) is 15.1 Å². The zero-order valence-electron chi connectivity index (χ0n) is 15.7. The van der Waals surface area contributed by atoms with Gasteiger partial charge >= 0.3 is 5.97 Å². The summed E-state index contributed by atoms with van der Waals surface area (Å²) < 4.78 is 6.83. The van der Waals surface area contributed by atoms with Gasteiger partial charge in [0.15, 0.2) is 0 Å². The number of thiophene rings is 1. The molecule has 0 atom stereocenters. The predicted octanol–water partition coefficient (Wildman–Crippen LogP) is 4.97. The van der Waals surface area contributed by atoms with Gasteiger partial charge in [-0.3, -0.25) is 4.79 Å². The topological polar surface area (TPSA) is 59.5 Å². The SMILES string of the molecule is CCCC(=O)N1CCC(OC(=O)c2ccc(-c3nc4ccccc4s3)s2)CC1. The average Bonchev–Trinajstić information content (AvgIpc) is 3.35. The van der Waals surface area contributed by atoms with Crippen LogP contribution >= 0.6 is 22.7 Å². The van der Waals surface area contributed by atoms with Crippen LogP contribution in [0.1, 0.15) is 42.3 Å². The molecule has 1 fully saturated rings. The van der Waals surface area contributed by atoms with Crippen LogP contribution in [0.5, 0.6) is 0 Å². The van der Waals surface area contributed by atoms with E-state index in [1.807, 2.05) is 42.2 Å². The van der Waals surface area contributed by atoms with Gasteiger partial charge in [-0.2, -0.15) is 0 Å². The number of benzene rings is 1. The highest BCUT2D eigenvalue weighted by Gasteiger charge is 2.25. The summed E-state index contributed by atoms with van der Waals surface area (Å²) in [6.45, 7) is 3.34. The average molecular weight is 415 g/mol. The van der Waals surface area contributed by atoms with Gasteiger partial charge in [0.2, 0.25) is 5.91 Å². The van der Waals surface area contributed by atoms with Crippen molar-refractivity contribution in [2.75, 3.05) is 13.1 Å². The Hall–Kier alpha value is -2.25. The number of carbonyl (C=O) groups excluding carboxylic acids is 2. The molecule has 7 heteroatoms. The highest BCUT2D eigenvalue weighted by molar-refractivity contribution is 7.26. The van der Waals surface area contributed by atoms with E-state index < -0.39 is 0 Å². The molecule has 0 unspecified atom stereocenters. The maximum atomic E-state index is 12.5. The first kappa shape index (κ1) is 19.1. The maximum absolute atomic E-state index is 12.5. The van der Waals surface area contributed by atoms with Gasteiger partial charge in [0.25, 0.3) is 0 Å². The third kappa shape index (κ3) is 4.10. The summed E-state index contributed by atoms with van der Waals surface area (Å²) in [5.74, 6) is -0.0818. The van der Waals surface area contributed by atoms with Crippen molar-refractivity contribution in [3.8, 4) is 9.88 Å². The Balaban J connectivity index is 1.37. The summed E-state index contributed by atoms with van der Waals surface area (Å²) in [5, 5.41) is 0.924. The molecule has 1 aliphatic heterocycles. The molecule has 3 heterocycles. The molecule has 146 valence electrons. The number of carbonyl (C=O) groups is 2. The lowest BCUT2D eigenvalue weighted by Gasteiger charge is -2.31. The van der Waals surface area contributed by atoms with Crippen LogP contribution in [0.15, 0.2) is 36.4 Å². The minimum absolute atomic E-state index is 0.119. The molecule has 0 saturated carbocycles. The standard InChI is InChI=1S/C21H22N2O3S2/c1-2-5-19(24)23-12-10-14(11-13-23)26-21(25)18-9-8-17(27-18)20-22-15-6-3-4-7-16(15)28-20/h3-4,6-9,14H,2,5,10-13H2,1H3. The number of fused-ring (bicyclic) bond motifs is 1. The number of ether oxygens (including phenoxy) is 1. The van der Waals surface area contributed by atoms with Crippen LogP contribution in [-0.4, -0.2) is 41.0 Å². The van der Waals surface area contributed by atoms with Crippen molar-refractivity contribution < 1.29 is 14.3 Å². The summed E-state index contributed by atoms with van der Waals surface area (Å²) in [4.78, 5) is 32.6. The van der Waals surface area contributed by atoms with Crippen LogP contribution < -0.4 is 0 Å². The Morgan fingerprint density at radius 2 is 1.93 bits per heavy atom. The third-order valence-electron chi connectivity index (χ3n) is 4.84. The lowest BCUT2D eigenvalue weighted by molar-refractivity contribution is -0.133. The number of para-hydroxylation sites is 1. The first-order valence-corrected chi connectivity index (χ1v) is 11.2. The molecule has 0 aliphatic carbocycles. The monoisotopic (exact) mass is 414 g/mol. The van der Waals surface area contributed by atoms with Crippen molar-refractivity contribution in [2.45, 2.75) is 38.7 Å². The van der Waals surface area contributed by atoms with Crippen molar-refractivity contribution in [3.05, 3.63) is 41.3 Å². The number of likely N-dealkylation sites (tertiary alicyclic amines) is 1. The first-order chi connectivity index (χ1) is 13.6. The van der Waals surface area contributed by atoms with E-state index in [9.17, 15) is 9.59 Å². The molecule has 1 aliphatic rings. The molecule has 3 aromatic rings. The minimum atomic E-state index is -0.282. The zero-order chi connectivity index (χ0) is 19.5. The Bertz CT molecular complexity index is 953. The number of rotatable bonds is 5. The lowest BCUT2D eigenvalue weighted by atomic mass is 10.1. The number of esters is 1. The number of aromatic nitrogens is 1. The van der Waals surface area contributed by atoms with Gasteiger partial charge < -0.3 is 9.64 Å². The lowest BCUT2D eigenvalue weighted by Crippen LogP contribution is -2.41. The largest absolute Gasteiger partial charge is 0.458 e. The Kier molecular flexibility index (Phi) is 5.73. The molecule has 1 aromatic carbocycles. The Labute approximate surface area is 172 Å². The smallest absolute Gasteiger partial charge is 0.348 e. The molecule has 0 spiro atoms. The van der Waals surface area contributed by atoms with Crippen LogP contribution in [0, 0.1) is 0 Å². The highest BCUT2D eigenvalue weighted by Crippen LogP contribution is 2.34. The molecule has 0 bridgehead atoms. The fourth-order valence-electron chi connectivity index (χ4n) is 3.34. The van der Waals surface area contributed by atoms with Gasteiger partial charge in [-0.25, -0.2) is 9.78 Å². The summed E-state index contributed by atoms with van der Waals surface area (Å²) in [6, 6.07) is 11.8. The Morgan fingerprint density at radius 3 is 2.68 bits per heavy atom. The molecule has 0 N–H and O–H groups in total. The minimum Gasteiger partial charge on any atom is -0.458 e. The maximum Gasteiger partial charge on any atom is 0.348 e. The van der Waals surface area contributed by atoms with Crippen LogP contribution in [0.25, 0.3) is 20.1 Å². The van der Waals surface area contributed by atoms with E-state index in [0.29, 0.717) is 37.2 Å². The molecular formula is C21H22N2O3S2. The second kappa shape index (κ2) is 8.41. The summed E-state index contributed by atoms with van der Waals surface area (Å²) in [6.07, 6.45) is 2.75. The molecule has 4 rings (SSSR count). The number of amides is 1. The van der Waals surface area contributed by atoms with Gasteiger partial charge in [-0.05, 0) is 30.7 Å². The molecule has 1 saturated heterocycles. The van der Waals surface area contributed by atoms with Crippen molar-refractivity contribution in [2.24, 2.45) is 0 Å². The second-order valence-electron chi connectivity index (χ2n) is 6.89. The normalized spacial score (nSPS) is 15.1. The molecule has 2 aromatic heterocycles. The zero-order valence-corrected chi connectivity index (χ0v) is 17.4. The van der Waals surface area contributed by atoms with Crippen LogP contribution in [0.4, 0.5) is 0 Å². The predicted molar refractivity (Wildman–Crippen MR) is 113 cm³/mol. The fraction of sp³-hybridized carbons (Fsp3) is 0.381. The van der Waals surface area contributed by atoms with Crippen LogP contribution in [0.3, 0.4) is 0 Å².